The number of amides is 1. The van der Waals surface area contributed by atoms with Gasteiger partial charge < -0.3 is 4.90 Å². The fourth-order valence-electron chi connectivity index (χ4n) is 2.10. The Kier molecular flexibility index (Phi) is 4.41. The third-order valence-corrected chi connectivity index (χ3v) is 3.41. The molecule has 0 aliphatic carbocycles. The van der Waals surface area contributed by atoms with Crippen LogP contribution < -0.4 is 16.2 Å². The SMILES string of the molecule is NNC(=O)CN1CCN(c2ccccc2Cl)CC1. The van der Waals surface area contributed by atoms with Gasteiger partial charge in [-0.15, -0.1) is 0 Å². The molecule has 18 heavy (non-hydrogen) atoms. The lowest BCUT2D eigenvalue weighted by atomic mass is 10.2. The van der Waals surface area contributed by atoms with E-state index in [1.165, 1.54) is 0 Å². The van der Waals surface area contributed by atoms with Crippen LogP contribution in [0.1, 0.15) is 0 Å². The maximum absolute atomic E-state index is 11.2. The number of hydrogen-bond acceptors (Lipinski definition) is 4. The first-order valence-electron chi connectivity index (χ1n) is 5.92. The number of carbonyl (C=O) groups is 1. The van der Waals surface area contributed by atoms with Crippen LogP contribution in [0.15, 0.2) is 24.3 Å². The molecule has 1 fully saturated rings. The lowest BCUT2D eigenvalue weighted by Gasteiger charge is -2.36. The summed E-state index contributed by atoms with van der Waals surface area (Å²) in [6.07, 6.45) is 0. The fourth-order valence-corrected chi connectivity index (χ4v) is 2.36. The standard InChI is InChI=1S/C12H17ClN4O/c13-10-3-1-2-4-11(10)17-7-5-16(6-8-17)9-12(18)15-14/h1-4H,5-9,14H2,(H,15,18). The summed E-state index contributed by atoms with van der Waals surface area (Å²) in [7, 11) is 0. The van der Waals surface area contributed by atoms with Crippen LogP contribution in [0.4, 0.5) is 5.69 Å². The number of rotatable bonds is 3. The number of hydrogen-bond donors (Lipinski definition) is 2. The zero-order valence-corrected chi connectivity index (χ0v) is 10.9. The minimum atomic E-state index is -0.152. The quantitative estimate of drug-likeness (QED) is 0.475. The van der Waals surface area contributed by atoms with Crippen molar-refractivity contribution in [1.82, 2.24) is 10.3 Å². The van der Waals surface area contributed by atoms with Crippen LogP contribution in [-0.4, -0.2) is 43.5 Å². The summed E-state index contributed by atoms with van der Waals surface area (Å²) in [5, 5.41) is 0.769. The van der Waals surface area contributed by atoms with E-state index < -0.39 is 0 Å². The van der Waals surface area contributed by atoms with Crippen LogP contribution in [0.25, 0.3) is 0 Å². The highest BCUT2D eigenvalue weighted by atomic mass is 35.5. The van der Waals surface area contributed by atoms with E-state index in [2.05, 4.69) is 15.2 Å². The largest absolute Gasteiger partial charge is 0.368 e. The number of anilines is 1. The molecule has 1 aliphatic heterocycles. The van der Waals surface area contributed by atoms with Crippen molar-refractivity contribution >= 4 is 23.2 Å². The highest BCUT2D eigenvalue weighted by molar-refractivity contribution is 6.33. The minimum Gasteiger partial charge on any atom is -0.368 e. The maximum Gasteiger partial charge on any atom is 0.248 e. The fraction of sp³-hybridized carbons (Fsp3) is 0.417. The third kappa shape index (κ3) is 3.13. The van der Waals surface area contributed by atoms with Gasteiger partial charge in [0.1, 0.15) is 0 Å². The Hall–Kier alpha value is -1.30. The highest BCUT2D eigenvalue weighted by Gasteiger charge is 2.19. The molecule has 0 spiro atoms. The molecule has 0 bridgehead atoms. The van der Waals surface area contributed by atoms with E-state index >= 15 is 0 Å². The second kappa shape index (κ2) is 6.04. The number of carbonyl (C=O) groups excluding carboxylic acids is 1. The maximum atomic E-state index is 11.2. The molecule has 0 aromatic heterocycles. The van der Waals surface area contributed by atoms with E-state index in [-0.39, 0.29) is 5.91 Å². The zero-order chi connectivity index (χ0) is 13.0. The number of hydrazine groups is 1. The van der Waals surface area contributed by atoms with Crippen LogP contribution in [0, 0.1) is 0 Å². The van der Waals surface area contributed by atoms with Crippen molar-refractivity contribution in [3.05, 3.63) is 29.3 Å². The number of nitrogens with two attached hydrogens (primary N) is 1. The summed E-state index contributed by atoms with van der Waals surface area (Å²) in [5.74, 6) is 4.92. The van der Waals surface area contributed by atoms with Gasteiger partial charge in [-0.3, -0.25) is 15.1 Å². The lowest BCUT2D eigenvalue weighted by molar-refractivity contribution is -0.122. The van der Waals surface area contributed by atoms with Crippen LogP contribution in [0.3, 0.4) is 0 Å². The van der Waals surface area contributed by atoms with Gasteiger partial charge in [0.05, 0.1) is 17.3 Å². The van der Waals surface area contributed by atoms with Gasteiger partial charge in [-0.25, -0.2) is 5.84 Å². The molecule has 1 amide bonds. The first kappa shape index (κ1) is 13.1. The van der Waals surface area contributed by atoms with Gasteiger partial charge in [0, 0.05) is 26.2 Å². The van der Waals surface area contributed by atoms with Crippen molar-refractivity contribution in [2.45, 2.75) is 0 Å². The van der Waals surface area contributed by atoms with Crippen LogP contribution >= 0.6 is 11.6 Å². The Morgan fingerprint density at radius 1 is 1.28 bits per heavy atom. The summed E-state index contributed by atoms with van der Waals surface area (Å²) in [5.41, 5.74) is 3.21. The number of nitrogens with zero attached hydrogens (tertiary/aromatic N) is 2. The molecule has 98 valence electrons. The highest BCUT2D eigenvalue weighted by Crippen LogP contribution is 2.25. The second-order valence-electron chi connectivity index (χ2n) is 4.28. The van der Waals surface area contributed by atoms with Crippen molar-refractivity contribution in [3.63, 3.8) is 0 Å². The molecule has 2 rings (SSSR count). The van der Waals surface area contributed by atoms with Crippen LogP contribution in [-0.2, 0) is 4.79 Å². The van der Waals surface area contributed by atoms with Crippen molar-refractivity contribution in [3.8, 4) is 0 Å². The van der Waals surface area contributed by atoms with Gasteiger partial charge in [0.2, 0.25) is 5.91 Å². The Balaban J connectivity index is 1.91. The van der Waals surface area contributed by atoms with Gasteiger partial charge in [-0.1, -0.05) is 23.7 Å². The van der Waals surface area contributed by atoms with E-state index in [1.54, 1.807) is 0 Å². The first-order chi connectivity index (χ1) is 8.70. The predicted molar refractivity (Wildman–Crippen MR) is 72.4 cm³/mol. The van der Waals surface area contributed by atoms with Gasteiger partial charge in [0.15, 0.2) is 0 Å². The number of benzene rings is 1. The average Bonchev–Trinajstić information content (AvgIpc) is 2.40. The van der Waals surface area contributed by atoms with Gasteiger partial charge >= 0.3 is 0 Å². The van der Waals surface area contributed by atoms with E-state index in [0.29, 0.717) is 6.54 Å². The summed E-state index contributed by atoms with van der Waals surface area (Å²) < 4.78 is 0. The Labute approximate surface area is 111 Å². The number of nitrogens with one attached hydrogen (secondary N) is 1. The van der Waals surface area contributed by atoms with E-state index in [4.69, 9.17) is 17.4 Å². The summed E-state index contributed by atoms with van der Waals surface area (Å²) in [6, 6.07) is 7.82. The molecule has 1 aromatic carbocycles. The van der Waals surface area contributed by atoms with E-state index in [0.717, 1.165) is 36.9 Å². The Bertz CT molecular complexity index is 418. The molecule has 1 saturated heterocycles. The lowest BCUT2D eigenvalue weighted by Crippen LogP contribution is -2.50. The second-order valence-corrected chi connectivity index (χ2v) is 4.69. The van der Waals surface area contributed by atoms with Crippen LogP contribution in [0.2, 0.25) is 5.02 Å². The molecule has 0 unspecified atom stereocenters. The predicted octanol–water partition coefficient (Wildman–Crippen LogP) is 0.452. The van der Waals surface area contributed by atoms with Crippen molar-refractivity contribution < 1.29 is 4.79 Å². The summed E-state index contributed by atoms with van der Waals surface area (Å²) in [6.45, 7) is 3.74. The molecule has 5 nitrogen and oxygen atoms in total. The normalized spacial score (nSPS) is 16.7. The van der Waals surface area contributed by atoms with Crippen LogP contribution in [0.5, 0.6) is 0 Å². The topological polar surface area (TPSA) is 61.6 Å². The molecule has 0 atom stereocenters. The zero-order valence-electron chi connectivity index (χ0n) is 10.1. The Morgan fingerprint density at radius 3 is 2.56 bits per heavy atom. The molecule has 1 heterocycles. The Morgan fingerprint density at radius 2 is 1.94 bits per heavy atom. The van der Waals surface area contributed by atoms with Crippen molar-refractivity contribution in [2.75, 3.05) is 37.6 Å². The smallest absolute Gasteiger partial charge is 0.248 e. The van der Waals surface area contributed by atoms with Crippen molar-refractivity contribution in [1.29, 1.82) is 0 Å². The molecule has 0 radical (unpaired) electrons. The molecule has 6 heteroatoms. The number of halogens is 1. The number of piperazine rings is 1. The molecule has 1 aliphatic rings. The van der Waals surface area contributed by atoms with E-state index in [9.17, 15) is 4.79 Å². The molecule has 0 saturated carbocycles. The molecular formula is C12H17ClN4O. The van der Waals surface area contributed by atoms with E-state index in [1.807, 2.05) is 24.3 Å². The number of para-hydroxylation sites is 1. The van der Waals surface area contributed by atoms with Crippen molar-refractivity contribution in [2.24, 2.45) is 5.84 Å². The summed E-state index contributed by atoms with van der Waals surface area (Å²) in [4.78, 5) is 15.5. The molecule has 3 N–H and O–H groups in total. The first-order valence-corrected chi connectivity index (χ1v) is 6.30. The van der Waals surface area contributed by atoms with Gasteiger partial charge in [-0.05, 0) is 12.1 Å². The summed E-state index contributed by atoms with van der Waals surface area (Å²) >= 11 is 6.16. The third-order valence-electron chi connectivity index (χ3n) is 3.09. The average molecular weight is 269 g/mol. The molecule has 1 aromatic rings. The van der Waals surface area contributed by atoms with Gasteiger partial charge in [-0.2, -0.15) is 0 Å². The minimum absolute atomic E-state index is 0.152. The molecular weight excluding hydrogens is 252 g/mol. The van der Waals surface area contributed by atoms with Gasteiger partial charge in [0.25, 0.3) is 0 Å². The monoisotopic (exact) mass is 268 g/mol.